The maximum Gasteiger partial charge on any atom is 0.253 e. The monoisotopic (exact) mass is 497 g/mol. The third-order valence-corrected chi connectivity index (χ3v) is 7.58. The van der Waals surface area contributed by atoms with Crippen molar-refractivity contribution in [3.05, 3.63) is 52.5 Å². The molecule has 1 aliphatic carbocycles. The van der Waals surface area contributed by atoms with E-state index in [-0.39, 0.29) is 24.5 Å². The van der Waals surface area contributed by atoms with Gasteiger partial charge in [0.05, 0.1) is 11.3 Å². The summed E-state index contributed by atoms with van der Waals surface area (Å²) in [5, 5.41) is 6.37. The number of benzene rings is 2. The molecule has 5 rings (SSSR count). The van der Waals surface area contributed by atoms with Gasteiger partial charge >= 0.3 is 0 Å². The van der Waals surface area contributed by atoms with Crippen LogP contribution in [0.5, 0.6) is 11.5 Å². The predicted molar refractivity (Wildman–Crippen MR) is 135 cm³/mol. The first-order chi connectivity index (χ1) is 17.1. The van der Waals surface area contributed by atoms with Gasteiger partial charge in [-0.25, -0.2) is 0 Å². The number of hydrogen-bond donors (Lipinski definition) is 2. The van der Waals surface area contributed by atoms with Gasteiger partial charge in [0.1, 0.15) is 0 Å². The topological polar surface area (TPSA) is 79.9 Å². The van der Waals surface area contributed by atoms with Crippen LogP contribution >= 0.6 is 11.6 Å². The number of ether oxygens (including phenoxy) is 2. The average molecular weight is 498 g/mol. The highest BCUT2D eigenvalue weighted by atomic mass is 35.5. The number of rotatable bonds is 6. The van der Waals surface area contributed by atoms with E-state index in [0.717, 1.165) is 31.2 Å². The lowest BCUT2D eigenvalue weighted by Crippen LogP contribution is -2.42. The number of fused-ring (bicyclic) bond motifs is 1. The molecule has 2 heterocycles. The maximum absolute atomic E-state index is 13.1. The Kier molecular flexibility index (Phi) is 7.44. The van der Waals surface area contributed by atoms with Crippen LogP contribution in [0.2, 0.25) is 5.02 Å². The van der Waals surface area contributed by atoms with Gasteiger partial charge in [0.25, 0.3) is 5.91 Å². The average Bonchev–Trinajstić information content (AvgIpc) is 3.37. The first-order valence-electron chi connectivity index (χ1n) is 12.6. The molecule has 3 aliphatic rings. The minimum absolute atomic E-state index is 0.0192. The largest absolute Gasteiger partial charge is 0.454 e. The van der Waals surface area contributed by atoms with E-state index < -0.39 is 0 Å². The number of anilines is 1. The van der Waals surface area contributed by atoms with Crippen molar-refractivity contribution < 1.29 is 19.1 Å². The minimum Gasteiger partial charge on any atom is -0.454 e. The van der Waals surface area contributed by atoms with Crippen LogP contribution in [0.1, 0.15) is 60.9 Å². The molecule has 1 saturated heterocycles. The zero-order valence-electron chi connectivity index (χ0n) is 19.9. The molecule has 7 nitrogen and oxygen atoms in total. The molecule has 2 aliphatic heterocycles. The van der Waals surface area contributed by atoms with Crippen LogP contribution in [0.25, 0.3) is 0 Å². The summed E-state index contributed by atoms with van der Waals surface area (Å²) >= 11 is 6.19. The molecule has 8 heteroatoms. The highest BCUT2D eigenvalue weighted by Gasteiger charge is 2.30. The summed E-state index contributed by atoms with van der Waals surface area (Å²) in [6.07, 6.45) is 7.79. The number of halogens is 1. The van der Waals surface area contributed by atoms with Crippen molar-refractivity contribution >= 4 is 29.1 Å². The molecule has 35 heavy (non-hydrogen) atoms. The van der Waals surface area contributed by atoms with E-state index in [1.54, 1.807) is 18.2 Å². The predicted octanol–water partition coefficient (Wildman–Crippen LogP) is 4.98. The molecule has 0 radical (unpaired) electrons. The normalized spacial score (nSPS) is 22.0. The van der Waals surface area contributed by atoms with E-state index >= 15 is 0 Å². The van der Waals surface area contributed by atoms with Crippen LogP contribution in [0.3, 0.4) is 0 Å². The van der Waals surface area contributed by atoms with Gasteiger partial charge in [-0.15, -0.1) is 0 Å². The first-order valence-corrected chi connectivity index (χ1v) is 13.0. The Hall–Kier alpha value is -2.77. The molecule has 0 unspecified atom stereocenters. The minimum atomic E-state index is -0.297. The summed E-state index contributed by atoms with van der Waals surface area (Å²) in [5.41, 5.74) is 1.73. The lowest BCUT2D eigenvalue weighted by atomic mass is 9.84. The second-order valence-corrected chi connectivity index (χ2v) is 10.1. The van der Waals surface area contributed by atoms with Crippen LogP contribution in [-0.4, -0.2) is 42.6 Å². The highest BCUT2D eigenvalue weighted by molar-refractivity contribution is 6.31. The van der Waals surface area contributed by atoms with Crippen molar-refractivity contribution in [1.29, 1.82) is 0 Å². The summed E-state index contributed by atoms with van der Waals surface area (Å²) in [6.45, 7) is 2.90. The summed E-state index contributed by atoms with van der Waals surface area (Å²) in [7, 11) is 0. The molecule has 0 atom stereocenters. The second kappa shape index (κ2) is 10.9. The zero-order valence-corrected chi connectivity index (χ0v) is 20.6. The van der Waals surface area contributed by atoms with Gasteiger partial charge in [-0.05, 0) is 87.5 Å². The van der Waals surface area contributed by atoms with Crippen molar-refractivity contribution in [1.82, 2.24) is 10.2 Å². The summed E-state index contributed by atoms with van der Waals surface area (Å²) in [6, 6.07) is 11.2. The fraction of sp³-hybridized carbons (Fsp3) is 0.481. The van der Waals surface area contributed by atoms with Crippen LogP contribution in [0.4, 0.5) is 5.69 Å². The van der Waals surface area contributed by atoms with Crippen molar-refractivity contribution in [3.8, 4) is 11.5 Å². The van der Waals surface area contributed by atoms with Gasteiger partial charge in [0, 0.05) is 23.5 Å². The van der Waals surface area contributed by atoms with E-state index in [0.29, 0.717) is 40.4 Å². The van der Waals surface area contributed by atoms with Crippen molar-refractivity contribution in [2.45, 2.75) is 57.5 Å². The number of carbonyl (C=O) groups is 2. The SMILES string of the molecule is O=C(NCc1ccc2c(c1)OCO2)c1cc(Cl)ccc1NC(=O)C1CCC(N2CCCCC2)CC1. The number of amides is 2. The molecular formula is C27H32ClN3O4. The Labute approximate surface area is 211 Å². The van der Waals surface area contributed by atoms with E-state index in [9.17, 15) is 9.59 Å². The number of nitrogens with zero attached hydrogens (tertiary/aromatic N) is 1. The molecule has 2 aromatic rings. The molecule has 2 fully saturated rings. The molecule has 186 valence electrons. The maximum atomic E-state index is 13.1. The number of hydrogen-bond acceptors (Lipinski definition) is 5. The van der Waals surface area contributed by atoms with E-state index in [2.05, 4.69) is 15.5 Å². The van der Waals surface area contributed by atoms with E-state index in [4.69, 9.17) is 21.1 Å². The third-order valence-electron chi connectivity index (χ3n) is 7.35. The number of likely N-dealkylation sites (tertiary alicyclic amines) is 1. The Morgan fingerprint density at radius 3 is 2.51 bits per heavy atom. The third kappa shape index (κ3) is 5.73. The number of carbonyl (C=O) groups excluding carboxylic acids is 2. The van der Waals surface area contributed by atoms with Gasteiger partial charge in [-0.2, -0.15) is 0 Å². The Morgan fingerprint density at radius 2 is 1.71 bits per heavy atom. The van der Waals surface area contributed by atoms with Gasteiger partial charge in [-0.3, -0.25) is 9.59 Å². The molecule has 1 saturated carbocycles. The summed E-state index contributed by atoms with van der Waals surface area (Å²) in [5.74, 6) is 1.02. The summed E-state index contributed by atoms with van der Waals surface area (Å²) < 4.78 is 10.7. The fourth-order valence-corrected chi connectivity index (χ4v) is 5.54. The van der Waals surface area contributed by atoms with Crippen LogP contribution in [0.15, 0.2) is 36.4 Å². The van der Waals surface area contributed by atoms with Gasteiger partial charge < -0.3 is 25.0 Å². The van der Waals surface area contributed by atoms with Gasteiger partial charge in [-0.1, -0.05) is 24.1 Å². The van der Waals surface area contributed by atoms with Crippen molar-refractivity contribution in [2.75, 3.05) is 25.2 Å². The Balaban J connectivity index is 1.19. The molecule has 2 aromatic carbocycles. The number of nitrogens with one attached hydrogen (secondary N) is 2. The quantitative estimate of drug-likeness (QED) is 0.588. The van der Waals surface area contributed by atoms with E-state index in [1.807, 2.05) is 18.2 Å². The van der Waals surface area contributed by atoms with Crippen molar-refractivity contribution in [3.63, 3.8) is 0 Å². The Morgan fingerprint density at radius 1 is 0.943 bits per heavy atom. The molecule has 2 N–H and O–H groups in total. The van der Waals surface area contributed by atoms with Crippen molar-refractivity contribution in [2.24, 2.45) is 5.92 Å². The fourth-order valence-electron chi connectivity index (χ4n) is 5.36. The molecular weight excluding hydrogens is 466 g/mol. The van der Waals surface area contributed by atoms with Gasteiger partial charge in [0.2, 0.25) is 12.7 Å². The standard InChI is InChI=1S/C27H32ClN3O4/c28-20-7-10-23(30-26(32)19-5-8-21(9-6-19)31-12-2-1-3-13-31)22(15-20)27(33)29-16-18-4-11-24-25(14-18)35-17-34-24/h4,7,10-11,14-15,19,21H,1-3,5-6,8-9,12-13,16-17H2,(H,29,33)(H,30,32). The first kappa shape index (κ1) is 23.9. The summed E-state index contributed by atoms with van der Waals surface area (Å²) in [4.78, 5) is 28.7. The van der Waals surface area contributed by atoms with Crippen LogP contribution in [-0.2, 0) is 11.3 Å². The van der Waals surface area contributed by atoms with E-state index in [1.165, 1.54) is 32.4 Å². The highest BCUT2D eigenvalue weighted by Crippen LogP contribution is 2.33. The van der Waals surface area contributed by atoms with Gasteiger partial charge in [0.15, 0.2) is 11.5 Å². The smallest absolute Gasteiger partial charge is 0.253 e. The second-order valence-electron chi connectivity index (χ2n) is 9.65. The van der Waals surface area contributed by atoms with Crippen LogP contribution in [0, 0.1) is 5.92 Å². The lowest BCUT2D eigenvalue weighted by molar-refractivity contribution is -0.121. The molecule has 2 amide bonds. The lowest BCUT2D eigenvalue weighted by Gasteiger charge is -2.38. The van der Waals surface area contributed by atoms with Crippen LogP contribution < -0.4 is 20.1 Å². The Bertz CT molecular complexity index is 1080. The number of piperidine rings is 1. The zero-order chi connectivity index (χ0) is 24.2. The molecule has 0 bridgehead atoms. The molecule has 0 spiro atoms. The molecule has 0 aromatic heterocycles.